The zero-order valence-corrected chi connectivity index (χ0v) is 15.9. The van der Waals surface area contributed by atoms with Crippen molar-refractivity contribution in [2.24, 2.45) is 0 Å². The van der Waals surface area contributed by atoms with E-state index in [-0.39, 0.29) is 12.3 Å². The van der Waals surface area contributed by atoms with Gasteiger partial charge in [0.1, 0.15) is 5.82 Å². The van der Waals surface area contributed by atoms with Gasteiger partial charge in [0, 0.05) is 17.4 Å². The number of halogens is 1. The fourth-order valence-corrected chi connectivity index (χ4v) is 3.63. The van der Waals surface area contributed by atoms with Crippen LogP contribution in [0.2, 0.25) is 5.02 Å². The first-order valence-electron chi connectivity index (χ1n) is 9.10. The van der Waals surface area contributed by atoms with E-state index in [9.17, 15) is 9.90 Å². The van der Waals surface area contributed by atoms with E-state index >= 15 is 0 Å². The van der Waals surface area contributed by atoms with E-state index < -0.39 is 5.97 Å². The maximum atomic E-state index is 11.4. The van der Waals surface area contributed by atoms with Gasteiger partial charge in [-0.05, 0) is 34.9 Å². The first kappa shape index (κ1) is 18.3. The molecule has 0 bridgehead atoms. The molecule has 0 saturated heterocycles. The van der Waals surface area contributed by atoms with Crippen LogP contribution in [0.1, 0.15) is 23.7 Å². The van der Waals surface area contributed by atoms with Gasteiger partial charge in [-0.25, -0.2) is 4.98 Å². The molecule has 5 heteroatoms. The number of hydrogen-bond acceptors (Lipinski definition) is 2. The highest BCUT2D eigenvalue weighted by Gasteiger charge is 2.18. The maximum Gasteiger partial charge on any atom is 0.303 e. The van der Waals surface area contributed by atoms with Gasteiger partial charge in [0.2, 0.25) is 0 Å². The number of nitrogens with one attached hydrogen (secondary N) is 1. The van der Waals surface area contributed by atoms with E-state index in [4.69, 9.17) is 11.6 Å². The smallest absolute Gasteiger partial charge is 0.303 e. The van der Waals surface area contributed by atoms with Crippen molar-refractivity contribution in [3.05, 3.63) is 89.2 Å². The van der Waals surface area contributed by atoms with Gasteiger partial charge in [-0.15, -0.1) is 0 Å². The lowest BCUT2D eigenvalue weighted by Gasteiger charge is -2.15. The van der Waals surface area contributed by atoms with Crippen LogP contribution in [0.15, 0.2) is 72.8 Å². The van der Waals surface area contributed by atoms with Crippen molar-refractivity contribution < 1.29 is 9.90 Å². The number of hydrogen-bond donors (Lipinski definition) is 2. The summed E-state index contributed by atoms with van der Waals surface area (Å²) in [4.78, 5) is 19.3. The van der Waals surface area contributed by atoms with Crippen molar-refractivity contribution in [2.75, 3.05) is 0 Å². The molecule has 1 unspecified atom stereocenters. The highest BCUT2D eigenvalue weighted by molar-refractivity contribution is 6.31. The first-order valence-corrected chi connectivity index (χ1v) is 9.47. The summed E-state index contributed by atoms with van der Waals surface area (Å²) in [5.74, 6) is -0.231. The number of nitrogens with zero attached hydrogens (tertiary/aromatic N) is 1. The number of aromatic nitrogens is 2. The third-order valence-corrected chi connectivity index (χ3v) is 5.08. The summed E-state index contributed by atoms with van der Waals surface area (Å²) in [6, 6.07) is 23.7. The number of carboxylic acids is 1. The first-order chi connectivity index (χ1) is 13.6. The molecule has 0 amide bonds. The molecule has 0 saturated carbocycles. The predicted molar refractivity (Wildman–Crippen MR) is 112 cm³/mol. The number of aliphatic carboxylic acids is 1. The van der Waals surface area contributed by atoms with Crippen LogP contribution in [-0.2, 0) is 11.2 Å². The summed E-state index contributed by atoms with van der Waals surface area (Å²) in [6.07, 6.45) is 0.561. The number of carboxylic acid groups (broad SMARTS) is 1. The Morgan fingerprint density at radius 1 is 1.00 bits per heavy atom. The molecule has 28 heavy (non-hydrogen) atoms. The Kier molecular flexibility index (Phi) is 5.13. The predicted octanol–water partition coefficient (Wildman–Crippen LogP) is 5.68. The van der Waals surface area contributed by atoms with Gasteiger partial charge in [0.15, 0.2) is 0 Å². The minimum absolute atomic E-state index is 0.0441. The van der Waals surface area contributed by atoms with Gasteiger partial charge in [0.05, 0.1) is 17.5 Å². The number of H-pyrrole nitrogens is 1. The topological polar surface area (TPSA) is 66.0 Å². The van der Waals surface area contributed by atoms with Crippen molar-refractivity contribution in [3.63, 3.8) is 0 Å². The normalized spacial score (nSPS) is 12.2. The second-order valence-electron chi connectivity index (χ2n) is 6.83. The van der Waals surface area contributed by atoms with Crippen LogP contribution in [0.3, 0.4) is 0 Å². The molecule has 0 aliphatic rings. The molecule has 0 spiro atoms. The largest absolute Gasteiger partial charge is 0.481 e. The fraction of sp³-hybridized carbons (Fsp3) is 0.130. The number of imidazole rings is 1. The second kappa shape index (κ2) is 7.87. The average Bonchev–Trinajstić information content (AvgIpc) is 3.09. The molecular formula is C23H19ClN2O2. The van der Waals surface area contributed by atoms with Crippen molar-refractivity contribution in [2.45, 2.75) is 18.8 Å². The van der Waals surface area contributed by atoms with E-state index in [1.807, 2.05) is 54.6 Å². The lowest BCUT2D eigenvalue weighted by molar-refractivity contribution is -0.137. The second-order valence-corrected chi connectivity index (χ2v) is 7.27. The molecule has 4 rings (SSSR count). The van der Waals surface area contributed by atoms with Gasteiger partial charge < -0.3 is 10.1 Å². The molecule has 140 valence electrons. The highest BCUT2D eigenvalue weighted by atomic mass is 35.5. The molecule has 0 aliphatic carbocycles. The number of fused-ring (bicyclic) bond motifs is 1. The minimum Gasteiger partial charge on any atom is -0.481 e. The maximum absolute atomic E-state index is 11.4. The Balaban J connectivity index is 1.61. The molecule has 0 radical (unpaired) electrons. The molecule has 1 aromatic heterocycles. The molecular weight excluding hydrogens is 372 g/mol. The fourth-order valence-electron chi connectivity index (χ4n) is 3.46. The molecule has 4 aromatic rings. The van der Waals surface area contributed by atoms with Crippen LogP contribution in [0.4, 0.5) is 0 Å². The molecule has 4 nitrogen and oxygen atoms in total. The molecule has 0 fully saturated rings. The zero-order chi connectivity index (χ0) is 19.5. The summed E-state index contributed by atoms with van der Waals surface area (Å²) >= 11 is 6.03. The van der Waals surface area contributed by atoms with Gasteiger partial charge in [-0.1, -0.05) is 66.2 Å². The van der Waals surface area contributed by atoms with Gasteiger partial charge in [0.25, 0.3) is 0 Å². The zero-order valence-electron chi connectivity index (χ0n) is 15.1. The quantitative estimate of drug-likeness (QED) is 0.444. The van der Waals surface area contributed by atoms with Crippen LogP contribution in [0.25, 0.3) is 22.2 Å². The highest BCUT2D eigenvalue weighted by Crippen LogP contribution is 2.28. The number of carbonyl (C=O) groups is 1. The molecule has 0 aliphatic heterocycles. The summed E-state index contributed by atoms with van der Waals surface area (Å²) in [7, 11) is 0. The van der Waals surface area contributed by atoms with Crippen molar-refractivity contribution in [3.8, 4) is 11.1 Å². The van der Waals surface area contributed by atoms with Crippen LogP contribution in [0.5, 0.6) is 0 Å². The molecule has 2 N–H and O–H groups in total. The molecule has 1 atom stereocenters. The Bertz CT molecular complexity index is 1100. The summed E-state index contributed by atoms with van der Waals surface area (Å²) < 4.78 is 0. The monoisotopic (exact) mass is 390 g/mol. The van der Waals surface area contributed by atoms with Crippen LogP contribution < -0.4 is 0 Å². The van der Waals surface area contributed by atoms with E-state index in [1.54, 1.807) is 6.07 Å². The number of rotatable bonds is 6. The Hall–Kier alpha value is -3.11. The average molecular weight is 391 g/mol. The summed E-state index contributed by atoms with van der Waals surface area (Å²) in [5, 5.41) is 10.0. The summed E-state index contributed by atoms with van der Waals surface area (Å²) in [6.45, 7) is 0. The van der Waals surface area contributed by atoms with Crippen molar-refractivity contribution in [1.29, 1.82) is 0 Å². The lowest BCUT2D eigenvalue weighted by atomic mass is 9.91. The summed E-state index contributed by atoms with van der Waals surface area (Å²) in [5.41, 5.74) is 4.92. The minimum atomic E-state index is -0.823. The van der Waals surface area contributed by atoms with E-state index in [0.29, 0.717) is 11.4 Å². The Labute approximate surface area is 167 Å². The number of aromatic amines is 1. The van der Waals surface area contributed by atoms with Crippen molar-refractivity contribution in [1.82, 2.24) is 9.97 Å². The van der Waals surface area contributed by atoms with E-state index in [0.717, 1.165) is 33.5 Å². The van der Waals surface area contributed by atoms with Crippen molar-refractivity contribution >= 4 is 28.6 Å². The lowest BCUT2D eigenvalue weighted by Crippen LogP contribution is -2.10. The Morgan fingerprint density at radius 2 is 1.71 bits per heavy atom. The van der Waals surface area contributed by atoms with E-state index in [1.165, 1.54) is 0 Å². The van der Waals surface area contributed by atoms with Crippen LogP contribution >= 0.6 is 11.6 Å². The van der Waals surface area contributed by atoms with Gasteiger partial charge in [-0.2, -0.15) is 0 Å². The Morgan fingerprint density at radius 3 is 2.43 bits per heavy atom. The van der Waals surface area contributed by atoms with E-state index in [2.05, 4.69) is 22.1 Å². The molecule has 1 heterocycles. The molecule has 3 aromatic carbocycles. The standard InChI is InChI=1S/C23H19ClN2O2/c24-19-10-11-20-21(14-19)26-22(25-20)12-18(13-23(27)28)17-8-6-16(7-9-17)15-4-2-1-3-5-15/h1-11,14,18H,12-13H2,(H,25,26)(H,27,28). The third kappa shape index (κ3) is 4.07. The van der Waals surface area contributed by atoms with Gasteiger partial charge in [-0.3, -0.25) is 4.79 Å². The van der Waals surface area contributed by atoms with Gasteiger partial charge >= 0.3 is 5.97 Å². The SMILES string of the molecule is O=C(O)CC(Cc1nc2cc(Cl)ccc2[nH]1)c1ccc(-c2ccccc2)cc1. The van der Waals surface area contributed by atoms with Crippen LogP contribution in [-0.4, -0.2) is 21.0 Å². The third-order valence-electron chi connectivity index (χ3n) is 4.84. The number of benzene rings is 3. The van der Waals surface area contributed by atoms with Crippen LogP contribution in [0, 0.1) is 0 Å².